The van der Waals surface area contributed by atoms with Gasteiger partial charge >= 0.3 is 0 Å². The predicted molar refractivity (Wildman–Crippen MR) is 112 cm³/mol. The van der Waals surface area contributed by atoms with Gasteiger partial charge in [0.1, 0.15) is 11.6 Å². The van der Waals surface area contributed by atoms with E-state index < -0.39 is 0 Å². The summed E-state index contributed by atoms with van der Waals surface area (Å²) in [5.74, 6) is 1.70. The zero-order valence-electron chi connectivity index (χ0n) is 16.7. The lowest BCUT2D eigenvalue weighted by Gasteiger charge is -2.37. The van der Waals surface area contributed by atoms with Crippen molar-refractivity contribution < 1.29 is 0 Å². The molecule has 4 heterocycles. The molecule has 3 aromatic heterocycles. The largest absolute Gasteiger partial charge is 0.368 e. The van der Waals surface area contributed by atoms with Gasteiger partial charge in [0.25, 0.3) is 5.56 Å². The molecule has 1 saturated heterocycles. The fourth-order valence-corrected chi connectivity index (χ4v) is 3.93. The number of nitrogens with zero attached hydrogens (tertiary/aromatic N) is 8. The summed E-state index contributed by atoms with van der Waals surface area (Å²) in [7, 11) is 3.62. The summed E-state index contributed by atoms with van der Waals surface area (Å²) in [6, 6.07) is 5.88. The number of benzene rings is 1. The Balaban J connectivity index is 1.40. The molecule has 9 nitrogen and oxygen atoms in total. The van der Waals surface area contributed by atoms with Crippen LogP contribution in [0.25, 0.3) is 21.9 Å². The number of aromatic nitrogens is 6. The van der Waals surface area contributed by atoms with E-state index in [0.717, 1.165) is 60.1 Å². The van der Waals surface area contributed by atoms with E-state index in [2.05, 4.69) is 24.9 Å². The summed E-state index contributed by atoms with van der Waals surface area (Å²) >= 11 is 0. The maximum atomic E-state index is 12.2. The summed E-state index contributed by atoms with van der Waals surface area (Å²) in [5, 5.41) is 5.97. The summed E-state index contributed by atoms with van der Waals surface area (Å²) in [4.78, 5) is 30.5. The Morgan fingerprint density at radius 2 is 1.72 bits per heavy atom. The van der Waals surface area contributed by atoms with Crippen LogP contribution in [0.1, 0.15) is 5.82 Å². The Labute approximate surface area is 167 Å². The van der Waals surface area contributed by atoms with Gasteiger partial charge in [-0.25, -0.2) is 15.0 Å². The van der Waals surface area contributed by atoms with E-state index >= 15 is 0 Å². The molecule has 0 unspecified atom stereocenters. The first-order valence-electron chi connectivity index (χ1n) is 9.63. The van der Waals surface area contributed by atoms with Crippen LogP contribution in [0.3, 0.4) is 0 Å². The van der Waals surface area contributed by atoms with Crippen molar-refractivity contribution in [3.8, 4) is 0 Å². The number of anilines is 2. The van der Waals surface area contributed by atoms with Crippen molar-refractivity contribution >= 4 is 33.4 Å². The Morgan fingerprint density at radius 3 is 2.52 bits per heavy atom. The predicted octanol–water partition coefficient (Wildman–Crippen LogP) is 1.25. The van der Waals surface area contributed by atoms with Crippen LogP contribution < -0.4 is 15.4 Å². The Bertz CT molecular complexity index is 1280. The van der Waals surface area contributed by atoms with Crippen molar-refractivity contribution in [3.05, 3.63) is 46.9 Å². The molecule has 1 aromatic carbocycles. The van der Waals surface area contributed by atoms with Crippen LogP contribution in [0.2, 0.25) is 0 Å². The van der Waals surface area contributed by atoms with Crippen LogP contribution in [0, 0.1) is 6.92 Å². The first-order valence-corrected chi connectivity index (χ1v) is 9.63. The molecule has 0 N–H and O–H groups in total. The molecular weight excluding hydrogens is 368 g/mol. The maximum absolute atomic E-state index is 12.2. The first kappa shape index (κ1) is 17.6. The van der Waals surface area contributed by atoms with Gasteiger partial charge in [-0.15, -0.1) is 0 Å². The van der Waals surface area contributed by atoms with Gasteiger partial charge in [0, 0.05) is 46.0 Å². The Kier molecular flexibility index (Phi) is 3.97. The van der Waals surface area contributed by atoms with E-state index in [4.69, 9.17) is 4.98 Å². The Hall–Kier alpha value is -3.49. The van der Waals surface area contributed by atoms with Gasteiger partial charge in [0.15, 0.2) is 5.65 Å². The maximum Gasteiger partial charge on any atom is 0.260 e. The second-order valence-electron chi connectivity index (χ2n) is 7.44. The van der Waals surface area contributed by atoms with E-state index in [9.17, 15) is 4.79 Å². The summed E-state index contributed by atoms with van der Waals surface area (Å²) in [5.41, 5.74) is 2.66. The number of aryl methyl sites for hydroxylation is 3. The molecule has 0 bridgehead atoms. The zero-order valence-corrected chi connectivity index (χ0v) is 16.7. The highest BCUT2D eigenvalue weighted by Gasteiger charge is 2.22. The van der Waals surface area contributed by atoms with E-state index in [0.29, 0.717) is 5.39 Å². The van der Waals surface area contributed by atoms with Crippen LogP contribution in [0.15, 0.2) is 35.5 Å². The van der Waals surface area contributed by atoms with Crippen LogP contribution in [0.4, 0.5) is 11.5 Å². The van der Waals surface area contributed by atoms with Crippen molar-refractivity contribution in [2.24, 2.45) is 14.1 Å². The highest BCUT2D eigenvalue weighted by atomic mass is 16.1. The van der Waals surface area contributed by atoms with Gasteiger partial charge in [-0.05, 0) is 25.1 Å². The topological polar surface area (TPSA) is 85.0 Å². The van der Waals surface area contributed by atoms with Crippen LogP contribution in [-0.4, -0.2) is 55.5 Å². The van der Waals surface area contributed by atoms with Gasteiger partial charge in [-0.1, -0.05) is 0 Å². The molecule has 29 heavy (non-hydrogen) atoms. The number of rotatable bonds is 2. The lowest BCUT2D eigenvalue weighted by molar-refractivity contribution is 0.648. The van der Waals surface area contributed by atoms with E-state index in [1.165, 1.54) is 4.57 Å². The summed E-state index contributed by atoms with van der Waals surface area (Å²) in [6.45, 7) is 5.34. The molecule has 4 aromatic rings. The van der Waals surface area contributed by atoms with E-state index in [1.54, 1.807) is 18.1 Å². The third-order valence-corrected chi connectivity index (χ3v) is 5.53. The lowest BCUT2D eigenvalue weighted by atomic mass is 10.2. The SMILES string of the molecule is Cc1nc(N2CCN(c3ccc4c(=O)n(C)cnc4c3)CC2)c2cnn(C)c2n1. The number of hydrogen-bond acceptors (Lipinski definition) is 7. The van der Waals surface area contributed by atoms with Crippen molar-refractivity contribution in [1.29, 1.82) is 0 Å². The van der Waals surface area contributed by atoms with E-state index in [-0.39, 0.29) is 5.56 Å². The molecule has 1 fully saturated rings. The molecule has 1 aliphatic heterocycles. The molecule has 0 aliphatic carbocycles. The van der Waals surface area contributed by atoms with Gasteiger partial charge in [0.2, 0.25) is 0 Å². The average molecular weight is 390 g/mol. The normalized spacial score (nSPS) is 14.9. The molecule has 1 aliphatic rings. The minimum atomic E-state index is -0.0222. The number of piperazine rings is 1. The van der Waals surface area contributed by atoms with Gasteiger partial charge < -0.3 is 14.4 Å². The van der Waals surface area contributed by atoms with Crippen LogP contribution >= 0.6 is 0 Å². The number of hydrogen-bond donors (Lipinski definition) is 0. The molecule has 0 atom stereocenters. The zero-order chi connectivity index (χ0) is 20.1. The van der Waals surface area contributed by atoms with Crippen molar-refractivity contribution in [3.63, 3.8) is 0 Å². The fourth-order valence-electron chi connectivity index (χ4n) is 3.93. The third-order valence-electron chi connectivity index (χ3n) is 5.53. The first-order chi connectivity index (χ1) is 14.0. The van der Waals surface area contributed by atoms with Crippen molar-refractivity contribution in [1.82, 2.24) is 29.3 Å². The second kappa shape index (κ2) is 6.54. The van der Waals surface area contributed by atoms with Gasteiger partial charge in [-0.3, -0.25) is 9.48 Å². The molecule has 5 rings (SSSR count). The summed E-state index contributed by atoms with van der Waals surface area (Å²) in [6.07, 6.45) is 3.41. The monoisotopic (exact) mass is 390 g/mol. The van der Waals surface area contributed by atoms with E-state index in [1.807, 2.05) is 38.4 Å². The smallest absolute Gasteiger partial charge is 0.260 e. The average Bonchev–Trinajstić information content (AvgIpc) is 3.11. The standard InChI is InChI=1S/C20H22N8O/c1-13-23-18-16(11-22-26(18)3)19(24-13)28-8-6-27(7-9-28)14-4-5-15-17(10-14)21-12-25(2)20(15)29/h4-5,10-12H,6-9H2,1-3H3. The molecule has 0 saturated carbocycles. The van der Waals surface area contributed by atoms with Gasteiger partial charge in [0.05, 0.1) is 28.8 Å². The molecule has 0 amide bonds. The highest BCUT2D eigenvalue weighted by Crippen LogP contribution is 2.26. The highest BCUT2D eigenvalue weighted by molar-refractivity contribution is 5.87. The number of fused-ring (bicyclic) bond motifs is 2. The molecule has 0 spiro atoms. The third kappa shape index (κ3) is 2.89. The van der Waals surface area contributed by atoms with Gasteiger partial charge in [-0.2, -0.15) is 5.10 Å². The summed E-state index contributed by atoms with van der Waals surface area (Å²) < 4.78 is 3.29. The van der Waals surface area contributed by atoms with Crippen molar-refractivity contribution in [2.45, 2.75) is 6.92 Å². The van der Waals surface area contributed by atoms with Crippen LogP contribution in [-0.2, 0) is 14.1 Å². The minimum Gasteiger partial charge on any atom is -0.368 e. The lowest BCUT2D eigenvalue weighted by Crippen LogP contribution is -2.47. The second-order valence-corrected chi connectivity index (χ2v) is 7.44. The Morgan fingerprint density at radius 1 is 0.966 bits per heavy atom. The molecule has 0 radical (unpaired) electrons. The quantitative estimate of drug-likeness (QED) is 0.509. The fraction of sp³-hybridized carbons (Fsp3) is 0.350. The van der Waals surface area contributed by atoms with Crippen molar-refractivity contribution in [2.75, 3.05) is 36.0 Å². The molecular formula is C20H22N8O. The van der Waals surface area contributed by atoms with Crippen LogP contribution in [0.5, 0.6) is 0 Å². The molecule has 9 heteroatoms. The minimum absolute atomic E-state index is 0.0222. The molecule has 148 valence electrons.